The molecule has 1 saturated carbocycles. The van der Waals surface area contributed by atoms with Gasteiger partial charge in [-0.3, -0.25) is 4.98 Å². The molecule has 1 aromatic carbocycles. The van der Waals surface area contributed by atoms with Crippen molar-refractivity contribution in [3.63, 3.8) is 0 Å². The Morgan fingerprint density at radius 1 is 1.19 bits per heavy atom. The van der Waals surface area contributed by atoms with Crippen LogP contribution < -0.4 is 10.8 Å². The van der Waals surface area contributed by atoms with Gasteiger partial charge in [0.15, 0.2) is 0 Å². The summed E-state index contributed by atoms with van der Waals surface area (Å²) in [5.74, 6) is -4.57. The second kappa shape index (κ2) is 8.67. The van der Waals surface area contributed by atoms with Crippen molar-refractivity contribution in [1.29, 1.82) is 0 Å². The highest BCUT2D eigenvalue weighted by Crippen LogP contribution is 2.52. The molecule has 1 aliphatic heterocycles. The molecule has 5 rings (SSSR count). The highest BCUT2D eigenvalue weighted by atomic mass is 31.2. The maximum Gasteiger partial charge on any atom is 0.304 e. The Labute approximate surface area is 207 Å². The van der Waals surface area contributed by atoms with Crippen molar-refractivity contribution in [2.45, 2.75) is 51.2 Å². The van der Waals surface area contributed by atoms with Gasteiger partial charge in [0.1, 0.15) is 35.6 Å². The highest BCUT2D eigenvalue weighted by molar-refractivity contribution is 7.72. The number of hydrogen-bond donors (Lipinski definition) is 2. The van der Waals surface area contributed by atoms with Crippen molar-refractivity contribution < 1.29 is 22.8 Å². The SMILES string of the molecule is Cc1nc(N[C@H](C)c2cccc(C(F)(F)[C@](C)(O)C3CC3)c2F)c2cc(P3(=O)CC=CC3)ncc2n1. The number of fused-ring (bicyclic) bond motifs is 1. The van der Waals surface area contributed by atoms with Crippen LogP contribution in [0.25, 0.3) is 10.9 Å². The van der Waals surface area contributed by atoms with Gasteiger partial charge in [-0.2, -0.15) is 8.78 Å². The van der Waals surface area contributed by atoms with Crippen LogP contribution in [-0.4, -0.2) is 38.0 Å². The van der Waals surface area contributed by atoms with Crippen molar-refractivity contribution in [2.75, 3.05) is 17.6 Å². The highest BCUT2D eigenvalue weighted by Gasteiger charge is 2.59. The second-order valence-electron chi connectivity index (χ2n) is 9.98. The summed E-state index contributed by atoms with van der Waals surface area (Å²) < 4.78 is 59.3. The molecule has 2 aliphatic rings. The largest absolute Gasteiger partial charge is 0.383 e. The maximum absolute atomic E-state index is 15.5. The van der Waals surface area contributed by atoms with E-state index in [-0.39, 0.29) is 5.56 Å². The lowest BCUT2D eigenvalue weighted by molar-refractivity contribution is -0.191. The third-order valence-corrected chi connectivity index (χ3v) is 9.94. The number of hydrogen-bond acceptors (Lipinski definition) is 6. The monoisotopic (exact) mass is 516 g/mol. The number of aliphatic hydroxyl groups is 1. The summed E-state index contributed by atoms with van der Waals surface area (Å²) in [4.78, 5) is 13.3. The molecule has 6 nitrogen and oxygen atoms in total. The van der Waals surface area contributed by atoms with Crippen molar-refractivity contribution in [3.05, 3.63) is 65.4 Å². The smallest absolute Gasteiger partial charge is 0.304 e. The predicted octanol–water partition coefficient (Wildman–Crippen LogP) is 5.46. The van der Waals surface area contributed by atoms with E-state index in [1.807, 2.05) is 12.2 Å². The molecular formula is C26H28F3N4O2P. The normalized spacial score (nSPS) is 19.9. The van der Waals surface area contributed by atoms with Crippen LogP contribution >= 0.6 is 7.14 Å². The summed E-state index contributed by atoms with van der Waals surface area (Å²) >= 11 is 0. The van der Waals surface area contributed by atoms with Crippen molar-refractivity contribution in [1.82, 2.24) is 15.0 Å². The summed E-state index contributed by atoms with van der Waals surface area (Å²) in [5.41, 5.74) is -2.14. The maximum atomic E-state index is 15.5. The van der Waals surface area contributed by atoms with Gasteiger partial charge >= 0.3 is 5.92 Å². The lowest BCUT2D eigenvalue weighted by Gasteiger charge is -2.34. The Hall–Kier alpha value is -2.77. The number of alkyl halides is 2. The van der Waals surface area contributed by atoms with E-state index >= 15 is 13.2 Å². The molecule has 0 spiro atoms. The van der Waals surface area contributed by atoms with Gasteiger partial charge in [0.05, 0.1) is 23.3 Å². The molecule has 0 unspecified atom stereocenters. The fourth-order valence-corrected chi connectivity index (χ4v) is 6.94. The molecule has 1 aliphatic carbocycles. The Bertz CT molecular complexity index is 1410. The summed E-state index contributed by atoms with van der Waals surface area (Å²) in [5, 5.41) is 14.2. The quantitative estimate of drug-likeness (QED) is 0.321. The number of aryl methyl sites for hydroxylation is 1. The zero-order chi connectivity index (χ0) is 25.9. The van der Waals surface area contributed by atoms with Gasteiger partial charge in [-0.25, -0.2) is 14.4 Å². The van der Waals surface area contributed by atoms with Crippen LogP contribution in [0.3, 0.4) is 0 Å². The molecular weight excluding hydrogens is 488 g/mol. The fraction of sp³-hybridized carbons (Fsp3) is 0.423. The van der Waals surface area contributed by atoms with Crippen LogP contribution in [0, 0.1) is 18.7 Å². The van der Waals surface area contributed by atoms with E-state index in [9.17, 15) is 9.67 Å². The second-order valence-corrected chi connectivity index (χ2v) is 12.9. The van der Waals surface area contributed by atoms with E-state index < -0.39 is 42.0 Å². The first-order valence-electron chi connectivity index (χ1n) is 12.0. The molecule has 1 fully saturated rings. The molecule has 0 bridgehead atoms. The van der Waals surface area contributed by atoms with E-state index in [1.54, 1.807) is 26.1 Å². The van der Waals surface area contributed by atoms with Crippen molar-refractivity contribution >= 4 is 29.3 Å². The Morgan fingerprint density at radius 2 is 1.89 bits per heavy atom. The molecule has 0 amide bonds. The molecule has 0 radical (unpaired) electrons. The molecule has 0 saturated heterocycles. The minimum Gasteiger partial charge on any atom is -0.383 e. The minimum absolute atomic E-state index is 0.0188. The van der Waals surface area contributed by atoms with Crippen LogP contribution in [0.5, 0.6) is 0 Å². The van der Waals surface area contributed by atoms with Crippen LogP contribution in [0.4, 0.5) is 19.0 Å². The number of pyridine rings is 1. The van der Waals surface area contributed by atoms with Crippen molar-refractivity contribution in [2.24, 2.45) is 5.92 Å². The van der Waals surface area contributed by atoms with E-state index in [4.69, 9.17) is 0 Å². The van der Waals surface area contributed by atoms with Crippen LogP contribution in [0.1, 0.15) is 49.7 Å². The van der Waals surface area contributed by atoms with E-state index in [0.717, 1.165) is 13.0 Å². The Balaban J connectivity index is 1.51. The summed E-state index contributed by atoms with van der Waals surface area (Å²) in [6.45, 7) is 4.42. The van der Waals surface area contributed by atoms with Gasteiger partial charge in [0.25, 0.3) is 0 Å². The lowest BCUT2D eigenvalue weighted by atomic mass is 9.86. The molecule has 10 heteroatoms. The average Bonchev–Trinajstić information content (AvgIpc) is 3.60. The summed E-state index contributed by atoms with van der Waals surface area (Å²) in [6, 6.07) is 4.78. The topological polar surface area (TPSA) is 88.0 Å². The standard InChI is InChI=1S/C26H28F3N4O2P/c1-15(18-7-6-8-20(23(18)27)26(28,29)25(3,34)17-9-10-17)31-24-19-13-22(36(35)11-4-5-12-36)30-14-21(19)32-16(2)33-24/h4-8,13-15,17,34H,9-12H2,1-3H3,(H,31,32,33)/t15-,25-/m1/s1. The number of allylic oxidation sites excluding steroid dienone is 2. The first-order chi connectivity index (χ1) is 16.9. The average molecular weight is 517 g/mol. The Kier molecular flexibility index (Phi) is 5.99. The van der Waals surface area contributed by atoms with E-state index in [2.05, 4.69) is 20.3 Å². The first kappa shape index (κ1) is 24.9. The van der Waals surface area contributed by atoms with Crippen LogP contribution in [0.2, 0.25) is 0 Å². The number of aromatic nitrogens is 3. The predicted molar refractivity (Wildman–Crippen MR) is 134 cm³/mol. The molecule has 2 aromatic heterocycles. The summed E-state index contributed by atoms with van der Waals surface area (Å²) in [7, 11) is -2.68. The number of benzene rings is 1. The zero-order valence-electron chi connectivity index (χ0n) is 20.3. The van der Waals surface area contributed by atoms with Crippen LogP contribution in [0.15, 0.2) is 42.6 Å². The first-order valence-corrected chi connectivity index (χ1v) is 14.1. The number of nitrogens with zero attached hydrogens (tertiary/aromatic N) is 3. The zero-order valence-corrected chi connectivity index (χ0v) is 21.2. The van der Waals surface area contributed by atoms with Gasteiger partial charge in [-0.1, -0.05) is 24.3 Å². The lowest BCUT2D eigenvalue weighted by Crippen LogP contribution is -2.45. The number of anilines is 1. The molecule has 3 heterocycles. The number of nitrogens with one attached hydrogen (secondary N) is 1. The number of rotatable bonds is 7. The molecule has 2 atom stereocenters. The summed E-state index contributed by atoms with van der Waals surface area (Å²) in [6.07, 6.45) is 7.17. The fourth-order valence-electron chi connectivity index (χ4n) is 4.81. The van der Waals surface area contributed by atoms with E-state index in [0.29, 0.717) is 53.1 Å². The third-order valence-electron chi connectivity index (χ3n) is 7.26. The molecule has 190 valence electrons. The van der Waals surface area contributed by atoms with Gasteiger partial charge in [-0.05, 0) is 51.7 Å². The number of halogens is 3. The van der Waals surface area contributed by atoms with E-state index in [1.165, 1.54) is 12.1 Å². The van der Waals surface area contributed by atoms with Gasteiger partial charge < -0.3 is 15.0 Å². The van der Waals surface area contributed by atoms with Gasteiger partial charge in [0.2, 0.25) is 0 Å². The van der Waals surface area contributed by atoms with Gasteiger partial charge in [-0.15, -0.1) is 0 Å². The molecule has 2 N–H and O–H groups in total. The van der Waals surface area contributed by atoms with Gasteiger partial charge in [0, 0.05) is 23.3 Å². The Morgan fingerprint density at radius 3 is 2.56 bits per heavy atom. The van der Waals surface area contributed by atoms with Crippen LogP contribution in [-0.2, 0) is 10.5 Å². The molecule has 3 aromatic rings. The minimum atomic E-state index is -3.76. The van der Waals surface area contributed by atoms with Crippen molar-refractivity contribution in [3.8, 4) is 0 Å². The molecule has 36 heavy (non-hydrogen) atoms. The third kappa shape index (κ3) is 4.12.